The lowest BCUT2D eigenvalue weighted by atomic mass is 9.65. The summed E-state index contributed by atoms with van der Waals surface area (Å²) in [6.45, 7) is 16.9. The number of hydrogen-bond donors (Lipinski definition) is 1. The molecule has 1 N–H and O–H groups in total. The number of aliphatic hydroxyl groups is 1. The molecule has 1 spiro atoms. The van der Waals surface area contributed by atoms with Crippen molar-refractivity contribution < 1.29 is 29.0 Å². The summed E-state index contributed by atoms with van der Waals surface area (Å²) in [6, 6.07) is 15.7. The van der Waals surface area contributed by atoms with Gasteiger partial charge in [-0.25, -0.2) is 0 Å². The Bertz CT molecular complexity index is 1550. The van der Waals surface area contributed by atoms with Gasteiger partial charge < -0.3 is 29.3 Å². The van der Waals surface area contributed by atoms with Crippen molar-refractivity contribution in [1.82, 2.24) is 14.7 Å². The van der Waals surface area contributed by atoms with Gasteiger partial charge in [0.15, 0.2) is 0 Å². The van der Waals surface area contributed by atoms with E-state index in [1.807, 2.05) is 66.4 Å². The number of morpholine rings is 1. The van der Waals surface area contributed by atoms with Crippen molar-refractivity contribution in [2.45, 2.75) is 48.8 Å². The van der Waals surface area contributed by atoms with Gasteiger partial charge in [0, 0.05) is 50.2 Å². The van der Waals surface area contributed by atoms with Crippen LogP contribution >= 0.6 is 11.8 Å². The second-order valence-corrected chi connectivity index (χ2v) is 15.6. The van der Waals surface area contributed by atoms with Crippen LogP contribution in [-0.4, -0.2) is 125 Å². The monoisotopic (exact) mass is 716 g/mol. The second kappa shape index (κ2) is 16.4. The molecule has 2 aromatic rings. The van der Waals surface area contributed by atoms with Gasteiger partial charge in [0.1, 0.15) is 11.8 Å². The highest BCUT2D eigenvalue weighted by Crippen LogP contribution is 2.69. The van der Waals surface area contributed by atoms with Crippen LogP contribution in [0.5, 0.6) is 5.75 Å². The van der Waals surface area contributed by atoms with Gasteiger partial charge >= 0.3 is 0 Å². The van der Waals surface area contributed by atoms with Gasteiger partial charge in [-0.2, -0.15) is 0 Å². The molecule has 51 heavy (non-hydrogen) atoms. The number of amides is 3. The minimum atomic E-state index is -0.846. The van der Waals surface area contributed by atoms with Crippen LogP contribution in [-0.2, 0) is 25.5 Å². The fourth-order valence-electron chi connectivity index (χ4n) is 8.78. The second-order valence-electron chi connectivity index (χ2n) is 14.0. The standard InChI is InChI=1S/C40H52N4O6S/c1-5-17-42(20-19-41-21-23-49-24-22-41)39(48)36-40-28(4)25-33(51-40)34(37(46)43(18-6-2)30-13-15-32(16-14-30)50-7-3)35(40)38(47)44(36)31(27-45)26-29-11-9-8-10-12-29/h5-6,8-16,28,31,33-36,45H,1-2,7,17-27H2,3-4H3/t28?,31-,33+,34-,35+,36?,40?/m1/s1. The molecule has 0 aromatic heterocycles. The Labute approximate surface area is 306 Å². The molecule has 4 aliphatic rings. The third-order valence-corrected chi connectivity index (χ3v) is 13.2. The number of ether oxygens (including phenoxy) is 2. The molecule has 10 nitrogen and oxygen atoms in total. The first kappa shape index (κ1) is 37.1. The number of anilines is 1. The minimum Gasteiger partial charge on any atom is -0.494 e. The van der Waals surface area contributed by atoms with Crippen molar-refractivity contribution in [3.63, 3.8) is 0 Å². The molecule has 2 bridgehead atoms. The van der Waals surface area contributed by atoms with Crippen molar-refractivity contribution >= 4 is 35.2 Å². The van der Waals surface area contributed by atoms with Gasteiger partial charge in [-0.1, -0.05) is 49.4 Å². The summed E-state index contributed by atoms with van der Waals surface area (Å²) in [7, 11) is 0. The maximum Gasteiger partial charge on any atom is 0.247 e. The number of carbonyl (C=O) groups is 3. The molecular weight excluding hydrogens is 665 g/mol. The molecule has 11 heteroatoms. The van der Waals surface area contributed by atoms with Gasteiger partial charge in [-0.05, 0) is 55.5 Å². The highest BCUT2D eigenvalue weighted by molar-refractivity contribution is 8.02. The van der Waals surface area contributed by atoms with Gasteiger partial charge in [0.2, 0.25) is 17.7 Å². The van der Waals surface area contributed by atoms with Crippen LogP contribution in [0.1, 0.15) is 25.8 Å². The molecule has 4 fully saturated rings. The molecule has 0 aliphatic carbocycles. The molecule has 4 heterocycles. The topological polar surface area (TPSA) is 103 Å². The molecule has 4 saturated heterocycles. The molecule has 0 saturated carbocycles. The zero-order valence-electron chi connectivity index (χ0n) is 29.9. The van der Waals surface area contributed by atoms with Crippen molar-refractivity contribution in [2.75, 3.05) is 70.6 Å². The molecule has 2 aromatic carbocycles. The third-order valence-electron chi connectivity index (χ3n) is 11.1. The van der Waals surface area contributed by atoms with Gasteiger partial charge in [-0.3, -0.25) is 19.3 Å². The van der Waals surface area contributed by atoms with Crippen molar-refractivity contribution in [2.24, 2.45) is 17.8 Å². The van der Waals surface area contributed by atoms with E-state index in [0.717, 1.165) is 18.7 Å². The van der Waals surface area contributed by atoms with Crippen LogP contribution in [0.2, 0.25) is 0 Å². The molecule has 0 radical (unpaired) electrons. The number of hydrogen-bond acceptors (Lipinski definition) is 8. The Balaban J connectivity index is 1.39. The number of rotatable bonds is 16. The van der Waals surface area contributed by atoms with Crippen molar-refractivity contribution in [1.29, 1.82) is 0 Å². The maximum atomic E-state index is 15.2. The summed E-state index contributed by atoms with van der Waals surface area (Å²) in [6.07, 6.45) is 4.54. The van der Waals surface area contributed by atoms with E-state index in [0.29, 0.717) is 63.7 Å². The number of carbonyl (C=O) groups excluding carboxylic acids is 3. The maximum absolute atomic E-state index is 15.2. The zero-order chi connectivity index (χ0) is 36.1. The van der Waals surface area contributed by atoms with Crippen molar-refractivity contribution in [3.8, 4) is 5.75 Å². The molecule has 274 valence electrons. The van der Waals surface area contributed by atoms with Crippen molar-refractivity contribution in [3.05, 3.63) is 85.5 Å². The summed E-state index contributed by atoms with van der Waals surface area (Å²) in [4.78, 5) is 52.6. The molecule has 3 unspecified atom stereocenters. The highest BCUT2D eigenvalue weighted by Gasteiger charge is 2.77. The van der Waals surface area contributed by atoms with Crippen LogP contribution < -0.4 is 9.64 Å². The lowest BCUT2D eigenvalue weighted by molar-refractivity contribution is -0.145. The quantitative estimate of drug-likeness (QED) is 0.261. The first-order valence-corrected chi connectivity index (χ1v) is 19.2. The van der Waals surface area contributed by atoms with Crippen LogP contribution in [0.15, 0.2) is 79.9 Å². The first-order chi connectivity index (χ1) is 24.8. The fraction of sp³-hybridized carbons (Fsp3) is 0.525. The van der Waals surface area contributed by atoms with E-state index in [-0.39, 0.29) is 42.0 Å². The molecular formula is C40H52N4O6S. The van der Waals surface area contributed by atoms with E-state index in [4.69, 9.17) is 9.47 Å². The number of thioether (sulfide) groups is 1. The Morgan fingerprint density at radius 2 is 1.78 bits per heavy atom. The van der Waals surface area contributed by atoms with E-state index in [1.54, 1.807) is 33.7 Å². The lowest BCUT2D eigenvalue weighted by Gasteiger charge is -2.42. The SMILES string of the molecule is C=CCN(CCN1CCOCC1)C(=O)C1N([C@@H](CO)Cc2ccccc2)C(=O)[C@@H]2[C@H](C(=O)N(CC=C)c3ccc(OCC)cc3)[C@@H]3CC(C)C12S3. The first-order valence-electron chi connectivity index (χ1n) is 18.3. The number of fused-ring (bicyclic) bond motifs is 1. The summed E-state index contributed by atoms with van der Waals surface area (Å²) in [5.41, 5.74) is 1.66. The number of likely N-dealkylation sites (tertiary alicyclic amines) is 1. The zero-order valence-corrected chi connectivity index (χ0v) is 30.7. The number of nitrogens with zero attached hydrogens (tertiary/aromatic N) is 4. The summed E-state index contributed by atoms with van der Waals surface area (Å²) < 4.78 is 10.4. The Morgan fingerprint density at radius 3 is 2.43 bits per heavy atom. The van der Waals surface area contributed by atoms with E-state index in [2.05, 4.69) is 25.0 Å². The lowest BCUT2D eigenvalue weighted by Crippen LogP contribution is -2.60. The average Bonchev–Trinajstić information content (AvgIpc) is 3.75. The van der Waals surface area contributed by atoms with Gasteiger partial charge in [0.05, 0.1) is 49.1 Å². The third kappa shape index (κ3) is 7.10. The number of benzene rings is 2. The predicted molar refractivity (Wildman–Crippen MR) is 201 cm³/mol. The Morgan fingerprint density at radius 1 is 1.08 bits per heavy atom. The van der Waals surface area contributed by atoms with E-state index < -0.39 is 28.7 Å². The summed E-state index contributed by atoms with van der Waals surface area (Å²) in [5, 5.41) is 10.8. The van der Waals surface area contributed by atoms with Crippen LogP contribution in [0, 0.1) is 17.8 Å². The van der Waals surface area contributed by atoms with Crippen LogP contribution in [0.3, 0.4) is 0 Å². The summed E-state index contributed by atoms with van der Waals surface area (Å²) >= 11 is 1.66. The van der Waals surface area contributed by atoms with Crippen LogP contribution in [0.25, 0.3) is 0 Å². The number of aliphatic hydroxyl groups excluding tert-OH is 1. The molecule has 3 amide bonds. The Kier molecular flexibility index (Phi) is 11.9. The molecule has 7 atom stereocenters. The average molecular weight is 717 g/mol. The largest absolute Gasteiger partial charge is 0.494 e. The minimum absolute atomic E-state index is 0.0105. The van der Waals surface area contributed by atoms with Gasteiger partial charge in [-0.15, -0.1) is 24.9 Å². The smallest absolute Gasteiger partial charge is 0.247 e. The van der Waals surface area contributed by atoms with E-state index >= 15 is 9.59 Å². The summed E-state index contributed by atoms with van der Waals surface area (Å²) in [5.74, 6) is -1.16. The van der Waals surface area contributed by atoms with Crippen LogP contribution in [0.4, 0.5) is 5.69 Å². The molecule has 4 aliphatic heterocycles. The normalized spacial score (nSPS) is 27.5. The molecule has 6 rings (SSSR count). The van der Waals surface area contributed by atoms with Gasteiger partial charge in [0.25, 0.3) is 0 Å². The fourth-order valence-corrected chi connectivity index (χ4v) is 11.2. The predicted octanol–water partition coefficient (Wildman–Crippen LogP) is 3.89. The van der Waals surface area contributed by atoms with E-state index in [1.165, 1.54) is 0 Å². The highest BCUT2D eigenvalue weighted by atomic mass is 32.2. The Hall–Kier alpha value is -3.64. The van der Waals surface area contributed by atoms with E-state index in [9.17, 15) is 9.90 Å².